The van der Waals surface area contributed by atoms with Crippen LogP contribution in [0.2, 0.25) is 0 Å². The van der Waals surface area contributed by atoms with Gasteiger partial charge in [0, 0.05) is 15.4 Å². The van der Waals surface area contributed by atoms with E-state index in [-0.39, 0.29) is 0 Å². The smallest absolute Gasteiger partial charge is 0.126 e. The molecule has 0 fully saturated rings. The van der Waals surface area contributed by atoms with Gasteiger partial charge >= 0.3 is 0 Å². The molecule has 0 amide bonds. The number of aliphatic imine (C=N–C) groups is 1. The van der Waals surface area contributed by atoms with Crippen molar-refractivity contribution in [1.29, 1.82) is 0 Å². The molecule has 55 heavy (non-hydrogen) atoms. The van der Waals surface area contributed by atoms with Crippen molar-refractivity contribution in [2.45, 2.75) is 22.3 Å². The summed E-state index contributed by atoms with van der Waals surface area (Å²) in [6, 6.07) is 62.2. The molecule has 0 saturated heterocycles. The van der Waals surface area contributed by atoms with Gasteiger partial charge in [0.15, 0.2) is 0 Å². The summed E-state index contributed by atoms with van der Waals surface area (Å²) in [5.74, 6) is 0.539. The normalized spacial score (nSPS) is 16.9. The number of hydrogen-bond acceptors (Lipinski definition) is 2. The van der Waals surface area contributed by atoms with Crippen LogP contribution in [0.4, 0.5) is 0 Å². The number of benzene rings is 7. The first-order chi connectivity index (χ1) is 27.1. The highest BCUT2D eigenvalue weighted by atomic mass is 32.2. The quantitative estimate of drug-likeness (QED) is 0.146. The van der Waals surface area contributed by atoms with Gasteiger partial charge in [-0.25, -0.2) is 0 Å². The predicted octanol–water partition coefficient (Wildman–Crippen LogP) is 11.7. The van der Waals surface area contributed by atoms with Crippen LogP contribution in [0.25, 0.3) is 22.3 Å². The first-order valence-corrected chi connectivity index (χ1v) is 19.7. The van der Waals surface area contributed by atoms with Gasteiger partial charge in [0.1, 0.15) is 5.84 Å². The Morgan fingerprint density at radius 2 is 1.02 bits per heavy atom. The summed E-state index contributed by atoms with van der Waals surface area (Å²) < 4.78 is 0. The van der Waals surface area contributed by atoms with Crippen molar-refractivity contribution in [2.24, 2.45) is 10.7 Å². The number of allylic oxidation sites excluding steroid dienone is 5. The monoisotopic (exact) mass is 720 g/mol. The lowest BCUT2D eigenvalue weighted by molar-refractivity contribution is 0.638. The van der Waals surface area contributed by atoms with Crippen LogP contribution in [-0.4, -0.2) is 5.84 Å². The van der Waals surface area contributed by atoms with Gasteiger partial charge in [0.2, 0.25) is 0 Å². The van der Waals surface area contributed by atoms with Crippen LogP contribution in [0.1, 0.15) is 61.2 Å². The first-order valence-electron chi connectivity index (χ1n) is 18.9. The molecule has 0 atom stereocenters. The second kappa shape index (κ2) is 12.0. The number of hydrogen-bond donors (Lipinski definition) is 1. The number of rotatable bonds is 3. The van der Waals surface area contributed by atoms with Gasteiger partial charge in [0.25, 0.3) is 0 Å². The number of nitrogens with two attached hydrogens (primary N) is 1. The number of fused-ring (bicyclic) bond motifs is 16. The third-order valence-electron chi connectivity index (χ3n) is 12.2. The predicted molar refractivity (Wildman–Crippen MR) is 228 cm³/mol. The molecular weight excluding hydrogens is 685 g/mol. The van der Waals surface area contributed by atoms with E-state index in [4.69, 9.17) is 10.7 Å². The average molecular weight is 721 g/mol. The zero-order valence-corrected chi connectivity index (χ0v) is 31.0. The van der Waals surface area contributed by atoms with E-state index in [1.165, 1.54) is 59.9 Å². The Labute approximate surface area is 326 Å². The van der Waals surface area contributed by atoms with Crippen LogP contribution in [0, 0.1) is 0 Å². The molecule has 2 spiro atoms. The lowest BCUT2D eigenvalue weighted by atomic mass is 9.53. The van der Waals surface area contributed by atoms with Crippen LogP contribution in [-0.2, 0) is 17.4 Å². The summed E-state index contributed by atoms with van der Waals surface area (Å²) in [6.07, 6.45) is 4.48. The van der Waals surface area contributed by atoms with Gasteiger partial charge in [-0.1, -0.05) is 194 Å². The molecule has 260 valence electrons. The second-order valence-electron chi connectivity index (χ2n) is 14.8. The van der Waals surface area contributed by atoms with Gasteiger partial charge in [-0.05, 0) is 84.0 Å². The van der Waals surface area contributed by atoms with Gasteiger partial charge in [-0.3, -0.25) is 4.99 Å². The van der Waals surface area contributed by atoms with Crippen LogP contribution < -0.4 is 5.73 Å². The summed E-state index contributed by atoms with van der Waals surface area (Å²) in [5.41, 5.74) is 24.2. The van der Waals surface area contributed by atoms with E-state index in [0.29, 0.717) is 12.4 Å². The molecule has 2 nitrogen and oxygen atoms in total. The van der Waals surface area contributed by atoms with E-state index in [1.54, 1.807) is 0 Å². The average Bonchev–Trinajstić information content (AvgIpc) is 3.68. The van der Waals surface area contributed by atoms with Crippen molar-refractivity contribution >= 4 is 28.7 Å². The third kappa shape index (κ3) is 4.25. The fraction of sp³-hybridized carbons (Fsp3) is 0.0577. The van der Waals surface area contributed by atoms with E-state index in [9.17, 15) is 0 Å². The Hall–Kier alpha value is -6.42. The van der Waals surface area contributed by atoms with E-state index < -0.39 is 10.8 Å². The molecule has 7 aromatic rings. The van der Waals surface area contributed by atoms with Crippen LogP contribution in [0.15, 0.2) is 203 Å². The molecule has 4 aliphatic rings. The van der Waals surface area contributed by atoms with E-state index in [0.717, 1.165) is 33.4 Å². The standard InChI is InChI=1S/C52H36N2S/c1-33-30-31-38-48-39(50(53)54-32-34-16-3-2-4-17-34)21-15-28-46(48)52(49(38)55-47-29-14-7-18-35(33)47)44-26-12-10-24-42(44)51(43-25-11-13-27-45(43)52)40-22-8-5-19-36(40)37-20-6-9-23-41(37)51/h2-31H,1,32H2,(H2,53,54)/b31-30-. The fourth-order valence-electron chi connectivity index (χ4n) is 10.1. The SMILES string of the molecule is C=C1/C=C\C2=C(Sc3ccccc31)C1(c3ccccc3C3(c4ccccc4-c4ccccc43)c3ccccc31)c1cccc(C(N)=NCc3ccccc3)c12. The minimum Gasteiger partial charge on any atom is -0.383 e. The fourth-order valence-corrected chi connectivity index (χ4v) is 11.5. The van der Waals surface area contributed by atoms with E-state index in [2.05, 4.69) is 183 Å². The molecule has 11 rings (SSSR count). The summed E-state index contributed by atoms with van der Waals surface area (Å²) in [4.78, 5) is 7.49. The Balaban J connectivity index is 1.27. The highest BCUT2D eigenvalue weighted by molar-refractivity contribution is 8.03. The van der Waals surface area contributed by atoms with Gasteiger partial charge in [-0.15, -0.1) is 0 Å². The highest BCUT2D eigenvalue weighted by Crippen LogP contribution is 2.69. The van der Waals surface area contributed by atoms with E-state index >= 15 is 0 Å². The number of nitrogens with zero attached hydrogens (tertiary/aromatic N) is 1. The topological polar surface area (TPSA) is 38.4 Å². The van der Waals surface area contributed by atoms with Crippen molar-refractivity contribution in [1.82, 2.24) is 0 Å². The zero-order chi connectivity index (χ0) is 36.7. The highest BCUT2D eigenvalue weighted by Gasteiger charge is 2.60. The van der Waals surface area contributed by atoms with Gasteiger partial charge < -0.3 is 5.73 Å². The summed E-state index contributed by atoms with van der Waals surface area (Å²) in [7, 11) is 0. The molecule has 2 N–H and O–H groups in total. The van der Waals surface area contributed by atoms with Crippen molar-refractivity contribution in [3.8, 4) is 11.1 Å². The summed E-state index contributed by atoms with van der Waals surface area (Å²) in [6.45, 7) is 5.05. The molecule has 0 aromatic heterocycles. The molecular formula is C52H36N2S. The molecule has 0 saturated carbocycles. The molecule has 0 radical (unpaired) electrons. The maximum absolute atomic E-state index is 7.10. The summed E-state index contributed by atoms with van der Waals surface area (Å²) in [5, 5.41) is 0. The molecule has 3 aliphatic carbocycles. The van der Waals surface area contributed by atoms with Crippen molar-refractivity contribution in [3.63, 3.8) is 0 Å². The number of thioether (sulfide) groups is 1. The van der Waals surface area contributed by atoms with Crippen LogP contribution in [0.3, 0.4) is 0 Å². The Morgan fingerprint density at radius 1 is 0.509 bits per heavy atom. The van der Waals surface area contributed by atoms with Crippen molar-refractivity contribution in [3.05, 3.63) is 255 Å². The molecule has 1 aliphatic heterocycles. The van der Waals surface area contributed by atoms with Crippen LogP contribution >= 0.6 is 11.8 Å². The minimum atomic E-state index is -0.647. The largest absolute Gasteiger partial charge is 0.383 e. The minimum absolute atomic E-state index is 0.503. The maximum atomic E-state index is 7.10. The summed E-state index contributed by atoms with van der Waals surface area (Å²) >= 11 is 1.87. The zero-order valence-electron chi connectivity index (χ0n) is 30.2. The van der Waals surface area contributed by atoms with Crippen molar-refractivity contribution < 1.29 is 0 Å². The Kier molecular flexibility index (Phi) is 7.02. The second-order valence-corrected chi connectivity index (χ2v) is 15.8. The lowest BCUT2D eigenvalue weighted by Gasteiger charge is -2.49. The van der Waals surface area contributed by atoms with Crippen LogP contribution in [0.5, 0.6) is 0 Å². The van der Waals surface area contributed by atoms with Gasteiger partial charge in [0.05, 0.1) is 17.4 Å². The first kappa shape index (κ1) is 32.0. The molecule has 0 unspecified atom stereocenters. The lowest BCUT2D eigenvalue weighted by Crippen LogP contribution is -2.44. The molecule has 1 heterocycles. The molecule has 3 heteroatoms. The Morgan fingerprint density at radius 3 is 1.65 bits per heavy atom. The molecule has 0 bridgehead atoms. The van der Waals surface area contributed by atoms with E-state index in [1.807, 2.05) is 17.8 Å². The van der Waals surface area contributed by atoms with Gasteiger partial charge in [-0.2, -0.15) is 0 Å². The Bertz CT molecular complexity index is 2760. The molecule has 7 aromatic carbocycles. The van der Waals surface area contributed by atoms with Crippen molar-refractivity contribution in [2.75, 3.05) is 0 Å². The number of amidine groups is 1. The third-order valence-corrected chi connectivity index (χ3v) is 13.5. The maximum Gasteiger partial charge on any atom is 0.126 e.